The summed E-state index contributed by atoms with van der Waals surface area (Å²) in [5, 5.41) is 4.06. The van der Waals surface area contributed by atoms with Gasteiger partial charge >= 0.3 is 0 Å². The van der Waals surface area contributed by atoms with Gasteiger partial charge in [-0.2, -0.15) is 0 Å². The summed E-state index contributed by atoms with van der Waals surface area (Å²) in [5.41, 5.74) is 1.23. The highest BCUT2D eigenvalue weighted by molar-refractivity contribution is 6.23. The van der Waals surface area contributed by atoms with Crippen molar-refractivity contribution in [2.24, 2.45) is 0 Å². The number of anilines is 1. The van der Waals surface area contributed by atoms with E-state index in [9.17, 15) is 9.59 Å². The molecule has 1 aliphatic rings. The maximum Gasteiger partial charge on any atom is 0.256 e. The van der Waals surface area contributed by atoms with E-state index in [1.807, 2.05) is 0 Å². The third kappa shape index (κ3) is 1.00. The molecule has 2 aromatic rings. The van der Waals surface area contributed by atoms with Gasteiger partial charge in [0.1, 0.15) is 0 Å². The molecule has 0 spiro atoms. The highest BCUT2D eigenvalue weighted by Crippen LogP contribution is 2.29. The molecule has 3 heteroatoms. The first-order chi connectivity index (χ1) is 7.27. The number of hydrogen-bond acceptors (Lipinski definition) is 2. The van der Waals surface area contributed by atoms with E-state index in [0.29, 0.717) is 10.9 Å². The van der Waals surface area contributed by atoms with Crippen LogP contribution in [0.1, 0.15) is 10.4 Å². The fourth-order valence-corrected chi connectivity index (χ4v) is 1.94. The Bertz CT molecular complexity index is 647. The summed E-state index contributed by atoms with van der Waals surface area (Å²) in [6.07, 6.45) is 0. The summed E-state index contributed by atoms with van der Waals surface area (Å²) in [5.74, 6) is -0.142. The van der Waals surface area contributed by atoms with E-state index in [0.717, 1.165) is 11.1 Å². The summed E-state index contributed by atoms with van der Waals surface area (Å²) < 4.78 is 0. The highest BCUT2D eigenvalue weighted by atomic mass is 16.2. The Morgan fingerprint density at radius 2 is 1.73 bits per heavy atom. The molecule has 1 heterocycles. The van der Waals surface area contributed by atoms with Crippen molar-refractivity contribution < 1.29 is 4.79 Å². The maximum atomic E-state index is 11.7. The topological polar surface area (TPSA) is 46.2 Å². The van der Waals surface area contributed by atoms with E-state index in [4.69, 9.17) is 0 Å². The highest BCUT2D eigenvalue weighted by Gasteiger charge is 2.20. The minimum atomic E-state index is -0.142. The summed E-state index contributed by atoms with van der Waals surface area (Å²) in [7, 11) is 0. The fourth-order valence-electron chi connectivity index (χ4n) is 1.94. The molecule has 3 nitrogen and oxygen atoms in total. The van der Waals surface area contributed by atoms with E-state index in [-0.39, 0.29) is 11.3 Å². The summed E-state index contributed by atoms with van der Waals surface area (Å²) in [4.78, 5) is 23.3. The zero-order valence-electron chi connectivity index (χ0n) is 7.78. The van der Waals surface area contributed by atoms with Gasteiger partial charge in [0.15, 0.2) is 5.43 Å². The molecule has 2 aromatic carbocycles. The number of benzene rings is 1. The van der Waals surface area contributed by atoms with Crippen LogP contribution in [0.4, 0.5) is 5.69 Å². The van der Waals surface area contributed by atoms with Gasteiger partial charge in [-0.05, 0) is 18.2 Å². The molecule has 1 N–H and O–H groups in total. The molecular formula is C12H7NO2. The van der Waals surface area contributed by atoms with Crippen LogP contribution in [0.15, 0.2) is 41.2 Å². The van der Waals surface area contributed by atoms with Crippen molar-refractivity contribution in [3.05, 3.63) is 52.2 Å². The number of nitrogens with one attached hydrogen (secondary N) is 1. The van der Waals surface area contributed by atoms with Gasteiger partial charge in [-0.3, -0.25) is 9.59 Å². The molecule has 1 aliphatic heterocycles. The molecule has 3 rings (SSSR count). The van der Waals surface area contributed by atoms with Crippen molar-refractivity contribution in [3.8, 4) is 0 Å². The van der Waals surface area contributed by atoms with Crippen LogP contribution < -0.4 is 10.7 Å². The van der Waals surface area contributed by atoms with E-state index >= 15 is 0 Å². The molecule has 1 amide bonds. The van der Waals surface area contributed by atoms with Crippen LogP contribution in [0.2, 0.25) is 0 Å². The van der Waals surface area contributed by atoms with Gasteiger partial charge in [0, 0.05) is 22.0 Å². The molecule has 15 heavy (non-hydrogen) atoms. The Kier molecular flexibility index (Phi) is 1.45. The zero-order chi connectivity index (χ0) is 10.4. The molecule has 72 valence electrons. The first-order valence-corrected chi connectivity index (χ1v) is 4.65. The van der Waals surface area contributed by atoms with Crippen LogP contribution >= 0.6 is 0 Å². The van der Waals surface area contributed by atoms with Crippen LogP contribution in [0, 0.1) is 0 Å². The van der Waals surface area contributed by atoms with Gasteiger partial charge in [-0.15, -0.1) is 0 Å². The predicted molar refractivity (Wildman–Crippen MR) is 58.2 cm³/mol. The molecule has 0 bridgehead atoms. The third-order valence-electron chi connectivity index (χ3n) is 2.60. The van der Waals surface area contributed by atoms with Crippen molar-refractivity contribution in [2.75, 3.05) is 5.32 Å². The van der Waals surface area contributed by atoms with Crippen molar-refractivity contribution in [1.29, 1.82) is 0 Å². The molecular weight excluding hydrogens is 190 g/mol. The predicted octanol–water partition coefficient (Wildman–Crippen LogP) is 1.77. The number of rotatable bonds is 0. The molecule has 0 saturated carbocycles. The lowest BCUT2D eigenvalue weighted by Gasteiger charge is -1.94. The average Bonchev–Trinajstić information content (AvgIpc) is 2.43. The fraction of sp³-hybridized carbons (Fsp3) is 0. The van der Waals surface area contributed by atoms with Crippen LogP contribution in [-0.4, -0.2) is 5.91 Å². The minimum absolute atomic E-state index is 0.0606. The quantitative estimate of drug-likeness (QED) is 0.699. The second-order valence-electron chi connectivity index (χ2n) is 3.49. The molecule has 0 aliphatic carbocycles. The summed E-state index contributed by atoms with van der Waals surface area (Å²) >= 11 is 0. The van der Waals surface area contributed by atoms with Gasteiger partial charge in [-0.25, -0.2) is 0 Å². The van der Waals surface area contributed by atoms with Crippen LogP contribution in [0.5, 0.6) is 0 Å². The average molecular weight is 197 g/mol. The number of hydrogen-bond donors (Lipinski definition) is 1. The molecule has 0 saturated heterocycles. The summed E-state index contributed by atoms with van der Waals surface area (Å²) in [6, 6.07) is 10.1. The number of carbonyl (C=O) groups is 1. The van der Waals surface area contributed by atoms with E-state index in [1.54, 1.807) is 30.3 Å². The first kappa shape index (κ1) is 8.17. The van der Waals surface area contributed by atoms with Crippen molar-refractivity contribution in [3.63, 3.8) is 0 Å². The Labute approximate surface area is 85.4 Å². The Morgan fingerprint density at radius 1 is 0.933 bits per heavy atom. The van der Waals surface area contributed by atoms with Crippen molar-refractivity contribution in [1.82, 2.24) is 0 Å². The molecule has 0 aromatic heterocycles. The molecule has 0 unspecified atom stereocenters. The minimum Gasteiger partial charge on any atom is -0.321 e. The molecule has 0 radical (unpaired) electrons. The van der Waals surface area contributed by atoms with Gasteiger partial charge in [0.25, 0.3) is 5.91 Å². The normalized spacial score (nSPS) is 12.9. The smallest absolute Gasteiger partial charge is 0.256 e. The Hall–Kier alpha value is -2.16. The number of carbonyl (C=O) groups excluding carboxylic acids is 1. The van der Waals surface area contributed by atoms with Crippen molar-refractivity contribution in [2.45, 2.75) is 0 Å². The van der Waals surface area contributed by atoms with E-state index in [2.05, 4.69) is 5.32 Å². The molecule has 0 fully saturated rings. The van der Waals surface area contributed by atoms with Gasteiger partial charge < -0.3 is 5.32 Å². The van der Waals surface area contributed by atoms with Crippen LogP contribution in [0.25, 0.3) is 10.8 Å². The van der Waals surface area contributed by atoms with Crippen LogP contribution in [0.3, 0.4) is 0 Å². The largest absolute Gasteiger partial charge is 0.321 e. The lowest BCUT2D eigenvalue weighted by atomic mass is 10.1. The second kappa shape index (κ2) is 2.67. The lowest BCUT2D eigenvalue weighted by Crippen LogP contribution is -2.03. The monoisotopic (exact) mass is 197 g/mol. The first-order valence-electron chi connectivity index (χ1n) is 4.65. The van der Waals surface area contributed by atoms with Gasteiger partial charge in [0.2, 0.25) is 0 Å². The SMILES string of the molecule is O=C1Nc2cccc3c(=O)cccc1c23. The summed E-state index contributed by atoms with van der Waals surface area (Å²) in [6.45, 7) is 0. The third-order valence-corrected chi connectivity index (χ3v) is 2.60. The molecule has 0 atom stereocenters. The van der Waals surface area contributed by atoms with Gasteiger partial charge in [0.05, 0.1) is 0 Å². The maximum absolute atomic E-state index is 11.7. The number of amides is 1. The van der Waals surface area contributed by atoms with E-state index < -0.39 is 0 Å². The Morgan fingerprint density at radius 3 is 2.60 bits per heavy atom. The van der Waals surface area contributed by atoms with E-state index in [1.165, 1.54) is 6.07 Å². The lowest BCUT2D eigenvalue weighted by molar-refractivity contribution is 0.103. The second-order valence-corrected chi connectivity index (χ2v) is 3.49. The van der Waals surface area contributed by atoms with Gasteiger partial charge in [-0.1, -0.05) is 18.2 Å². The van der Waals surface area contributed by atoms with Crippen molar-refractivity contribution >= 4 is 22.4 Å². The zero-order valence-corrected chi connectivity index (χ0v) is 7.78. The Balaban J connectivity index is 2.69. The standard InChI is InChI=1S/C12H7NO2/c14-10-6-2-4-8-11-7(10)3-1-5-9(11)13-12(8)15/h1-6H,(H,13,15). The van der Waals surface area contributed by atoms with Crippen LogP contribution in [-0.2, 0) is 0 Å².